The monoisotopic (exact) mass is 456 g/mol. The molecule has 3 heterocycles. The lowest BCUT2D eigenvalue weighted by Crippen LogP contribution is -2.26. The number of nitrogens with one attached hydrogen (secondary N) is 4. The van der Waals surface area contributed by atoms with Gasteiger partial charge in [0.05, 0.1) is 5.56 Å². The summed E-state index contributed by atoms with van der Waals surface area (Å²) in [6.07, 6.45) is 4.88. The summed E-state index contributed by atoms with van der Waals surface area (Å²) in [4.78, 5) is 22.2. The fraction of sp³-hybridized carbons (Fsp3) is 0.370. The smallest absolute Gasteiger partial charge is 0.255 e. The Morgan fingerprint density at radius 1 is 1.00 bits per heavy atom. The van der Waals surface area contributed by atoms with Gasteiger partial charge < -0.3 is 21.3 Å². The largest absolute Gasteiger partial charge is 0.349 e. The first-order chi connectivity index (χ1) is 16.3. The number of fused-ring (bicyclic) bond motifs is 1. The SMILES string of the molecule is CC(C)(C)c1cc(Nc2nc(Nc3ccc4c(c3)CCNC4)ccc2C(=O)NC2CC2)ccn1. The minimum atomic E-state index is -0.101. The number of benzene rings is 1. The van der Waals surface area contributed by atoms with Crippen LogP contribution in [0.4, 0.5) is 23.0 Å². The van der Waals surface area contributed by atoms with E-state index < -0.39 is 0 Å². The zero-order chi connectivity index (χ0) is 23.7. The molecule has 0 unspecified atom stereocenters. The second kappa shape index (κ2) is 9.06. The molecule has 176 valence electrons. The molecule has 3 aromatic rings. The molecular formula is C27H32N6O. The average molecular weight is 457 g/mol. The number of hydrogen-bond acceptors (Lipinski definition) is 6. The van der Waals surface area contributed by atoms with E-state index in [0.717, 1.165) is 49.4 Å². The molecule has 7 nitrogen and oxygen atoms in total. The molecule has 1 aliphatic carbocycles. The van der Waals surface area contributed by atoms with E-state index in [9.17, 15) is 4.79 Å². The quantitative estimate of drug-likeness (QED) is 0.426. The molecule has 1 saturated carbocycles. The fourth-order valence-corrected chi connectivity index (χ4v) is 4.06. The van der Waals surface area contributed by atoms with Crippen molar-refractivity contribution in [3.8, 4) is 0 Å². The third kappa shape index (κ3) is 5.20. The zero-order valence-electron chi connectivity index (χ0n) is 20.0. The maximum atomic E-state index is 12.9. The van der Waals surface area contributed by atoms with Crippen molar-refractivity contribution in [1.82, 2.24) is 20.6 Å². The van der Waals surface area contributed by atoms with Gasteiger partial charge in [-0.25, -0.2) is 4.98 Å². The van der Waals surface area contributed by atoms with Crippen LogP contribution in [-0.2, 0) is 18.4 Å². The molecule has 1 aromatic carbocycles. The average Bonchev–Trinajstić information content (AvgIpc) is 3.63. The summed E-state index contributed by atoms with van der Waals surface area (Å²) in [5, 5.41) is 13.3. The number of carbonyl (C=O) groups is 1. The van der Waals surface area contributed by atoms with Crippen LogP contribution >= 0.6 is 0 Å². The summed E-state index contributed by atoms with van der Waals surface area (Å²) in [7, 11) is 0. The van der Waals surface area contributed by atoms with Crippen LogP contribution in [0.3, 0.4) is 0 Å². The van der Waals surface area contributed by atoms with Crippen molar-refractivity contribution in [2.24, 2.45) is 0 Å². The number of hydrogen-bond donors (Lipinski definition) is 4. The molecule has 7 heteroatoms. The van der Waals surface area contributed by atoms with Crippen molar-refractivity contribution in [1.29, 1.82) is 0 Å². The zero-order valence-corrected chi connectivity index (χ0v) is 20.0. The molecule has 0 bridgehead atoms. The Morgan fingerprint density at radius 2 is 1.82 bits per heavy atom. The molecule has 4 N–H and O–H groups in total. The lowest BCUT2D eigenvalue weighted by molar-refractivity contribution is 0.0951. The number of anilines is 4. The van der Waals surface area contributed by atoms with Gasteiger partial charge in [-0.2, -0.15) is 0 Å². The molecule has 5 rings (SSSR count). The summed E-state index contributed by atoms with van der Waals surface area (Å²) in [6, 6.07) is 14.3. The Hall–Kier alpha value is -3.45. The first kappa shape index (κ1) is 22.3. The summed E-state index contributed by atoms with van der Waals surface area (Å²) in [6.45, 7) is 8.30. The Balaban J connectivity index is 1.44. The molecule has 1 aliphatic heterocycles. The predicted octanol–water partition coefficient (Wildman–Crippen LogP) is 4.80. The molecule has 1 amide bonds. The molecule has 2 aliphatic rings. The number of aromatic nitrogens is 2. The highest BCUT2D eigenvalue weighted by Crippen LogP contribution is 2.28. The van der Waals surface area contributed by atoms with Crippen molar-refractivity contribution in [3.05, 3.63) is 71.0 Å². The lowest BCUT2D eigenvalue weighted by atomic mass is 9.91. The number of carbonyl (C=O) groups excluding carboxylic acids is 1. The van der Waals surface area contributed by atoms with E-state index in [0.29, 0.717) is 17.2 Å². The van der Waals surface area contributed by atoms with Gasteiger partial charge in [-0.15, -0.1) is 0 Å². The highest BCUT2D eigenvalue weighted by atomic mass is 16.1. The minimum Gasteiger partial charge on any atom is -0.349 e. The highest BCUT2D eigenvalue weighted by molar-refractivity contribution is 6.00. The maximum Gasteiger partial charge on any atom is 0.255 e. The van der Waals surface area contributed by atoms with E-state index >= 15 is 0 Å². The molecule has 0 radical (unpaired) electrons. The predicted molar refractivity (Wildman–Crippen MR) is 136 cm³/mol. The summed E-state index contributed by atoms with van der Waals surface area (Å²) in [5.41, 5.74) is 5.96. The van der Waals surface area contributed by atoms with Crippen LogP contribution in [0.1, 0.15) is 60.8 Å². The fourth-order valence-electron chi connectivity index (χ4n) is 4.06. The van der Waals surface area contributed by atoms with Crippen LogP contribution in [0.15, 0.2) is 48.7 Å². The van der Waals surface area contributed by atoms with Gasteiger partial charge in [-0.1, -0.05) is 26.8 Å². The molecule has 0 saturated heterocycles. The van der Waals surface area contributed by atoms with Crippen LogP contribution in [0.25, 0.3) is 0 Å². The van der Waals surface area contributed by atoms with E-state index in [4.69, 9.17) is 4.98 Å². The second-order valence-corrected chi connectivity index (χ2v) is 10.2. The van der Waals surface area contributed by atoms with Gasteiger partial charge >= 0.3 is 0 Å². The van der Waals surface area contributed by atoms with Gasteiger partial charge in [0.1, 0.15) is 11.6 Å². The summed E-state index contributed by atoms with van der Waals surface area (Å²) in [5.74, 6) is 1.11. The van der Waals surface area contributed by atoms with Crippen LogP contribution in [0.5, 0.6) is 0 Å². The third-order valence-corrected chi connectivity index (χ3v) is 6.21. The van der Waals surface area contributed by atoms with Crippen molar-refractivity contribution >= 4 is 28.9 Å². The highest BCUT2D eigenvalue weighted by Gasteiger charge is 2.25. The van der Waals surface area contributed by atoms with Gasteiger partial charge in [-0.05, 0) is 73.3 Å². The Labute approximate surface area is 200 Å². The van der Waals surface area contributed by atoms with Crippen molar-refractivity contribution in [3.63, 3.8) is 0 Å². The van der Waals surface area contributed by atoms with Crippen molar-refractivity contribution in [2.45, 2.75) is 58.0 Å². The van der Waals surface area contributed by atoms with E-state index in [-0.39, 0.29) is 17.4 Å². The second-order valence-electron chi connectivity index (χ2n) is 10.2. The maximum absolute atomic E-state index is 12.9. The molecule has 0 atom stereocenters. The van der Waals surface area contributed by atoms with Crippen LogP contribution < -0.4 is 21.3 Å². The van der Waals surface area contributed by atoms with Crippen LogP contribution in [0.2, 0.25) is 0 Å². The van der Waals surface area contributed by atoms with Gasteiger partial charge in [0, 0.05) is 41.3 Å². The Morgan fingerprint density at radius 3 is 2.62 bits per heavy atom. The van der Waals surface area contributed by atoms with E-state index in [1.54, 1.807) is 6.20 Å². The van der Waals surface area contributed by atoms with Gasteiger partial charge in [0.15, 0.2) is 0 Å². The standard InChI is InChI=1S/C27H32N6O/c1-27(2,3)23-15-21(11-13-29-23)31-25-22(26(34)32-19-6-7-19)8-9-24(33-25)30-20-5-4-18-16-28-12-10-17(18)14-20/h4-5,8-9,11,13-15,19,28H,6-7,10,12,16H2,1-3H3,(H,32,34)(H2,29,30,31,33). The normalized spacial score (nSPS) is 15.4. The van der Waals surface area contributed by atoms with Gasteiger partial charge in [0.25, 0.3) is 5.91 Å². The van der Waals surface area contributed by atoms with Crippen molar-refractivity contribution in [2.75, 3.05) is 17.2 Å². The summed E-state index contributed by atoms with van der Waals surface area (Å²) < 4.78 is 0. The lowest BCUT2D eigenvalue weighted by Gasteiger charge is -2.20. The van der Waals surface area contributed by atoms with Crippen LogP contribution in [-0.4, -0.2) is 28.5 Å². The number of amides is 1. The Kier molecular flexibility index (Phi) is 5.96. The van der Waals surface area contributed by atoms with Crippen molar-refractivity contribution < 1.29 is 4.79 Å². The topological polar surface area (TPSA) is 91.0 Å². The number of pyridine rings is 2. The summed E-state index contributed by atoms with van der Waals surface area (Å²) >= 11 is 0. The first-order valence-electron chi connectivity index (χ1n) is 12.0. The molecule has 0 spiro atoms. The van der Waals surface area contributed by atoms with Gasteiger partial charge in [0.2, 0.25) is 0 Å². The van der Waals surface area contributed by atoms with Crippen LogP contribution in [0, 0.1) is 0 Å². The molecule has 34 heavy (non-hydrogen) atoms. The first-order valence-corrected chi connectivity index (χ1v) is 12.0. The third-order valence-electron chi connectivity index (χ3n) is 6.21. The van der Waals surface area contributed by atoms with E-state index in [2.05, 4.69) is 65.2 Å². The molecule has 2 aromatic heterocycles. The van der Waals surface area contributed by atoms with Gasteiger partial charge in [-0.3, -0.25) is 9.78 Å². The number of nitrogens with zero attached hydrogens (tertiary/aromatic N) is 2. The van der Waals surface area contributed by atoms with E-state index in [1.165, 1.54) is 11.1 Å². The molecule has 1 fully saturated rings. The minimum absolute atomic E-state index is 0.0807. The number of rotatable bonds is 6. The molecular weight excluding hydrogens is 424 g/mol. The van der Waals surface area contributed by atoms with E-state index in [1.807, 2.05) is 24.3 Å². The Bertz CT molecular complexity index is 1210.